The molecule has 0 spiro atoms. The van der Waals surface area contributed by atoms with Gasteiger partial charge < -0.3 is 4.90 Å². The van der Waals surface area contributed by atoms with E-state index in [1.54, 1.807) is 0 Å². The van der Waals surface area contributed by atoms with Crippen LogP contribution in [-0.4, -0.2) is 17.7 Å². The molecule has 0 radical (unpaired) electrons. The van der Waals surface area contributed by atoms with Gasteiger partial charge in [-0.05, 0) is 29.3 Å². The van der Waals surface area contributed by atoms with Gasteiger partial charge in [0, 0.05) is 30.2 Å². The van der Waals surface area contributed by atoms with E-state index in [2.05, 4.69) is 44.9 Å². The Bertz CT molecular complexity index is 828. The third-order valence-corrected chi connectivity index (χ3v) is 4.67. The largest absolute Gasteiger partial charge is 0.366 e. The summed E-state index contributed by atoms with van der Waals surface area (Å²) in [4.78, 5) is 14.7. The number of fused-ring (bicyclic) bond motifs is 1. The summed E-state index contributed by atoms with van der Waals surface area (Å²) in [7, 11) is 2.05. The molecule has 0 N–H and O–H groups in total. The Balaban J connectivity index is 2.22. The van der Waals surface area contributed by atoms with Crippen molar-refractivity contribution in [2.24, 2.45) is 5.41 Å². The normalized spacial score (nSPS) is 20.2. The molecule has 1 atom stereocenters. The molecule has 1 aromatic carbocycles. The number of hydrogen-bond acceptors (Lipinski definition) is 3. The molecule has 3 nitrogen and oxygen atoms in total. The Kier molecular flexibility index (Phi) is 3.93. The van der Waals surface area contributed by atoms with E-state index in [1.807, 2.05) is 36.4 Å². The van der Waals surface area contributed by atoms with E-state index in [4.69, 9.17) is 0 Å². The Morgan fingerprint density at radius 1 is 1.29 bits per heavy atom. The number of hydrogen-bond donors (Lipinski definition) is 0. The number of Topliss-reactive ketones (excluding diaryl/α,β-unsaturated/α-hetero) is 1. The maximum Gasteiger partial charge on any atom is 0.165 e. The summed E-state index contributed by atoms with van der Waals surface area (Å²) in [6.07, 6.45) is 8.39. The van der Waals surface area contributed by atoms with Crippen LogP contribution < -0.4 is 0 Å². The SMILES string of the molecule is CN1C(C(C)(C)C)=Cc2cc(C#N)ccc2C1C1=CC=CCC1=O. The third-order valence-electron chi connectivity index (χ3n) is 4.67. The molecular formula is C21H22N2O. The van der Waals surface area contributed by atoms with E-state index < -0.39 is 0 Å². The number of carbonyl (C=O) groups is 1. The number of carbonyl (C=O) groups excluding carboxylic acids is 1. The van der Waals surface area contributed by atoms with Crippen LogP contribution in [0.5, 0.6) is 0 Å². The van der Waals surface area contributed by atoms with Crippen molar-refractivity contribution >= 4 is 11.9 Å². The zero-order valence-corrected chi connectivity index (χ0v) is 14.6. The van der Waals surface area contributed by atoms with Crippen molar-refractivity contribution in [2.45, 2.75) is 33.2 Å². The summed E-state index contributed by atoms with van der Waals surface area (Å²) >= 11 is 0. The fraction of sp³-hybridized carbons (Fsp3) is 0.333. The van der Waals surface area contributed by atoms with E-state index in [-0.39, 0.29) is 17.2 Å². The quantitative estimate of drug-likeness (QED) is 0.771. The lowest BCUT2D eigenvalue weighted by Gasteiger charge is -2.43. The molecule has 0 aromatic heterocycles. The predicted octanol–water partition coefficient (Wildman–Crippen LogP) is 4.39. The van der Waals surface area contributed by atoms with Crippen LogP contribution in [-0.2, 0) is 4.79 Å². The molecule has 3 heteroatoms. The number of benzene rings is 1. The molecule has 0 bridgehead atoms. The first kappa shape index (κ1) is 16.3. The van der Waals surface area contributed by atoms with Crippen LogP contribution in [0, 0.1) is 16.7 Å². The molecule has 3 rings (SSSR count). The number of rotatable bonds is 1. The van der Waals surface area contributed by atoms with Crippen molar-refractivity contribution in [1.82, 2.24) is 4.90 Å². The topological polar surface area (TPSA) is 44.1 Å². The lowest BCUT2D eigenvalue weighted by atomic mass is 9.80. The maximum absolute atomic E-state index is 12.5. The third kappa shape index (κ3) is 2.69. The molecule has 1 unspecified atom stereocenters. The first-order valence-electron chi connectivity index (χ1n) is 8.22. The molecule has 2 aliphatic rings. The molecular weight excluding hydrogens is 296 g/mol. The average molecular weight is 318 g/mol. The molecule has 122 valence electrons. The molecule has 1 aliphatic carbocycles. The van der Waals surface area contributed by atoms with E-state index >= 15 is 0 Å². The molecule has 1 heterocycles. The summed E-state index contributed by atoms with van der Waals surface area (Å²) < 4.78 is 0. The lowest BCUT2D eigenvalue weighted by Crippen LogP contribution is -2.36. The van der Waals surface area contributed by atoms with Crippen LogP contribution in [0.3, 0.4) is 0 Å². The van der Waals surface area contributed by atoms with Crippen LogP contribution in [0.2, 0.25) is 0 Å². The van der Waals surface area contributed by atoms with Gasteiger partial charge in [0.15, 0.2) is 5.78 Å². The summed E-state index contributed by atoms with van der Waals surface area (Å²) in [5, 5.41) is 9.22. The Morgan fingerprint density at radius 3 is 2.67 bits per heavy atom. The molecule has 0 amide bonds. The zero-order valence-electron chi connectivity index (χ0n) is 14.6. The van der Waals surface area contributed by atoms with Gasteiger partial charge in [0.25, 0.3) is 0 Å². The van der Waals surface area contributed by atoms with Crippen molar-refractivity contribution < 1.29 is 4.79 Å². The summed E-state index contributed by atoms with van der Waals surface area (Å²) in [5.74, 6) is 0.166. The van der Waals surface area contributed by atoms with Gasteiger partial charge in [-0.2, -0.15) is 5.26 Å². The number of allylic oxidation sites excluding steroid dienone is 4. The fourth-order valence-corrected chi connectivity index (χ4v) is 3.54. The van der Waals surface area contributed by atoms with Gasteiger partial charge in [-0.3, -0.25) is 4.79 Å². The fourth-order valence-electron chi connectivity index (χ4n) is 3.54. The van der Waals surface area contributed by atoms with Crippen LogP contribution in [0.15, 0.2) is 47.7 Å². The number of nitriles is 1. The highest BCUT2D eigenvalue weighted by molar-refractivity contribution is 5.99. The highest BCUT2D eigenvalue weighted by atomic mass is 16.1. The maximum atomic E-state index is 12.5. The Morgan fingerprint density at radius 2 is 2.04 bits per heavy atom. The highest BCUT2D eigenvalue weighted by Gasteiger charge is 2.35. The summed E-state index contributed by atoms with van der Waals surface area (Å²) in [6, 6.07) is 7.84. The molecule has 24 heavy (non-hydrogen) atoms. The second kappa shape index (κ2) is 5.79. The summed E-state index contributed by atoms with van der Waals surface area (Å²) in [6.45, 7) is 6.51. The smallest absolute Gasteiger partial charge is 0.165 e. The predicted molar refractivity (Wildman–Crippen MR) is 95.9 cm³/mol. The van der Waals surface area contributed by atoms with Gasteiger partial charge in [-0.25, -0.2) is 0 Å². The average Bonchev–Trinajstić information content (AvgIpc) is 2.54. The molecule has 0 fully saturated rings. The number of likely N-dealkylation sites (N-methyl/N-ethyl adjacent to an activating group) is 1. The van der Waals surface area contributed by atoms with Crippen molar-refractivity contribution in [1.29, 1.82) is 5.26 Å². The zero-order chi connectivity index (χ0) is 17.5. The van der Waals surface area contributed by atoms with Gasteiger partial charge in [0.2, 0.25) is 0 Å². The minimum absolute atomic E-state index is 0.0541. The second-order valence-corrected chi connectivity index (χ2v) is 7.43. The number of ketones is 1. The standard InChI is InChI=1S/C21H22N2O/c1-21(2,3)19-12-15-11-14(13-22)9-10-16(15)20(23(19)4)17-7-5-6-8-18(17)24/h5-7,9-12,20H,8H2,1-4H3. The molecule has 1 aromatic rings. The van der Waals surface area contributed by atoms with Crippen LogP contribution >= 0.6 is 0 Å². The van der Waals surface area contributed by atoms with E-state index in [9.17, 15) is 10.1 Å². The first-order valence-corrected chi connectivity index (χ1v) is 8.22. The van der Waals surface area contributed by atoms with Crippen molar-refractivity contribution in [3.05, 3.63) is 64.4 Å². The van der Waals surface area contributed by atoms with Crippen LogP contribution in [0.1, 0.15) is 49.9 Å². The molecule has 0 saturated carbocycles. The molecule has 0 saturated heterocycles. The van der Waals surface area contributed by atoms with Crippen molar-refractivity contribution in [2.75, 3.05) is 7.05 Å². The van der Waals surface area contributed by atoms with E-state index in [1.165, 1.54) is 5.70 Å². The number of nitrogens with zero attached hydrogens (tertiary/aromatic N) is 2. The van der Waals surface area contributed by atoms with Gasteiger partial charge in [-0.15, -0.1) is 0 Å². The Labute approximate surface area is 143 Å². The van der Waals surface area contributed by atoms with Gasteiger partial charge in [-0.1, -0.05) is 45.1 Å². The lowest BCUT2D eigenvalue weighted by molar-refractivity contribution is -0.115. The Hall–Kier alpha value is -2.60. The summed E-state index contributed by atoms with van der Waals surface area (Å²) in [5.41, 5.74) is 4.69. The van der Waals surface area contributed by atoms with Gasteiger partial charge >= 0.3 is 0 Å². The minimum atomic E-state index is -0.107. The first-order chi connectivity index (χ1) is 11.3. The highest BCUT2D eigenvalue weighted by Crippen LogP contribution is 2.44. The van der Waals surface area contributed by atoms with Crippen LogP contribution in [0.25, 0.3) is 6.08 Å². The van der Waals surface area contributed by atoms with Gasteiger partial charge in [0.1, 0.15) is 0 Å². The second-order valence-electron chi connectivity index (χ2n) is 7.43. The van der Waals surface area contributed by atoms with Crippen LogP contribution in [0.4, 0.5) is 0 Å². The van der Waals surface area contributed by atoms with Gasteiger partial charge in [0.05, 0.1) is 17.7 Å². The van der Waals surface area contributed by atoms with Crippen molar-refractivity contribution in [3.63, 3.8) is 0 Å². The minimum Gasteiger partial charge on any atom is -0.366 e. The van der Waals surface area contributed by atoms with E-state index in [0.717, 1.165) is 16.7 Å². The monoisotopic (exact) mass is 318 g/mol. The molecule has 1 aliphatic heterocycles. The van der Waals surface area contributed by atoms with Crippen molar-refractivity contribution in [3.8, 4) is 6.07 Å². The van der Waals surface area contributed by atoms with E-state index in [0.29, 0.717) is 12.0 Å².